The third-order valence-corrected chi connectivity index (χ3v) is 4.58. The van der Waals surface area contributed by atoms with Crippen LogP contribution in [-0.4, -0.2) is 61.5 Å². The van der Waals surface area contributed by atoms with Crippen LogP contribution in [0, 0.1) is 0 Å². The van der Waals surface area contributed by atoms with Crippen LogP contribution in [0.2, 0.25) is 0 Å². The number of carbonyl (C=O) groups is 2. The highest BCUT2D eigenvalue weighted by molar-refractivity contribution is 5.97. The molecule has 0 aromatic heterocycles. The summed E-state index contributed by atoms with van der Waals surface area (Å²) in [6.45, 7) is 2.45. The number of piperazine rings is 1. The molecule has 6 nitrogen and oxygen atoms in total. The first-order valence-corrected chi connectivity index (χ1v) is 9.07. The van der Waals surface area contributed by atoms with Crippen molar-refractivity contribution in [3.05, 3.63) is 60.2 Å². The molecule has 2 aromatic rings. The van der Waals surface area contributed by atoms with Crippen LogP contribution >= 0.6 is 0 Å². The Balaban J connectivity index is 1.46. The van der Waals surface area contributed by atoms with Gasteiger partial charge >= 0.3 is 0 Å². The van der Waals surface area contributed by atoms with E-state index in [-0.39, 0.29) is 11.8 Å². The summed E-state index contributed by atoms with van der Waals surface area (Å²) in [6, 6.07) is 16.7. The Bertz CT molecular complexity index is 771. The Hall–Kier alpha value is -3.02. The Kier molecular flexibility index (Phi) is 6.30. The molecule has 1 heterocycles. The molecule has 1 saturated heterocycles. The summed E-state index contributed by atoms with van der Waals surface area (Å²) in [6.07, 6.45) is 0.329. The van der Waals surface area contributed by atoms with Crippen molar-refractivity contribution in [2.75, 3.05) is 39.9 Å². The van der Waals surface area contributed by atoms with Crippen LogP contribution in [0.3, 0.4) is 0 Å². The lowest BCUT2D eigenvalue weighted by molar-refractivity contribution is -0.133. The van der Waals surface area contributed by atoms with Gasteiger partial charge in [-0.15, -0.1) is 0 Å². The van der Waals surface area contributed by atoms with E-state index in [4.69, 9.17) is 9.47 Å². The first-order chi connectivity index (χ1) is 13.2. The van der Waals surface area contributed by atoms with Gasteiger partial charge in [-0.3, -0.25) is 9.59 Å². The second kappa shape index (κ2) is 9.07. The van der Waals surface area contributed by atoms with Crippen molar-refractivity contribution in [2.24, 2.45) is 0 Å². The molecule has 3 rings (SSSR count). The zero-order valence-corrected chi connectivity index (χ0v) is 15.5. The lowest BCUT2D eigenvalue weighted by Crippen LogP contribution is -2.50. The highest BCUT2D eigenvalue weighted by atomic mass is 16.5. The van der Waals surface area contributed by atoms with Gasteiger partial charge in [0.15, 0.2) is 0 Å². The van der Waals surface area contributed by atoms with Gasteiger partial charge in [0.1, 0.15) is 11.5 Å². The molecule has 1 aliphatic heterocycles. The van der Waals surface area contributed by atoms with Gasteiger partial charge in [-0.25, -0.2) is 0 Å². The van der Waals surface area contributed by atoms with Crippen LogP contribution in [0.5, 0.6) is 11.5 Å². The van der Waals surface area contributed by atoms with Gasteiger partial charge in [0.25, 0.3) is 5.91 Å². The van der Waals surface area contributed by atoms with E-state index in [0.717, 1.165) is 5.75 Å². The molecule has 1 aliphatic rings. The summed E-state index contributed by atoms with van der Waals surface area (Å²) in [5, 5.41) is 0. The average Bonchev–Trinajstić information content (AvgIpc) is 2.74. The highest BCUT2D eigenvalue weighted by Crippen LogP contribution is 2.20. The van der Waals surface area contributed by atoms with E-state index in [9.17, 15) is 9.59 Å². The summed E-state index contributed by atoms with van der Waals surface area (Å²) in [4.78, 5) is 28.6. The van der Waals surface area contributed by atoms with Crippen molar-refractivity contribution < 1.29 is 19.1 Å². The Morgan fingerprint density at radius 2 is 1.52 bits per heavy atom. The number of methoxy groups -OCH3 is 1. The van der Waals surface area contributed by atoms with Gasteiger partial charge in [-0.1, -0.05) is 30.3 Å². The fourth-order valence-electron chi connectivity index (χ4n) is 3.08. The molecule has 0 spiro atoms. The molecular weight excluding hydrogens is 344 g/mol. The standard InChI is InChI=1S/C21H24N2O4/c1-26-19-10-6-5-9-18(19)21(25)23-14-12-22(13-15-23)20(24)11-16-27-17-7-3-2-4-8-17/h2-10H,11-16H2,1H3. The Labute approximate surface area is 159 Å². The van der Waals surface area contributed by atoms with E-state index in [1.54, 1.807) is 29.0 Å². The summed E-state index contributed by atoms with van der Waals surface area (Å²) in [5.74, 6) is 1.32. The Morgan fingerprint density at radius 3 is 2.22 bits per heavy atom. The number of ether oxygens (including phenoxy) is 2. The largest absolute Gasteiger partial charge is 0.496 e. The van der Waals surface area contributed by atoms with E-state index in [1.165, 1.54) is 0 Å². The molecule has 1 fully saturated rings. The minimum atomic E-state index is -0.0630. The molecule has 2 aromatic carbocycles. The summed E-state index contributed by atoms with van der Waals surface area (Å²) < 4.78 is 10.9. The minimum Gasteiger partial charge on any atom is -0.496 e. The first-order valence-electron chi connectivity index (χ1n) is 9.07. The zero-order valence-electron chi connectivity index (χ0n) is 15.5. The number of benzene rings is 2. The van der Waals surface area contributed by atoms with Crippen molar-refractivity contribution in [3.8, 4) is 11.5 Å². The van der Waals surface area contributed by atoms with E-state index in [2.05, 4.69) is 0 Å². The molecule has 0 aliphatic carbocycles. The molecule has 0 radical (unpaired) electrons. The highest BCUT2D eigenvalue weighted by Gasteiger charge is 2.26. The smallest absolute Gasteiger partial charge is 0.257 e. The van der Waals surface area contributed by atoms with Crippen molar-refractivity contribution in [1.29, 1.82) is 0 Å². The normalized spacial score (nSPS) is 14.0. The number of hydrogen-bond donors (Lipinski definition) is 0. The van der Waals surface area contributed by atoms with E-state index >= 15 is 0 Å². The maximum atomic E-state index is 12.7. The fourth-order valence-corrected chi connectivity index (χ4v) is 3.08. The molecule has 0 bridgehead atoms. The second-order valence-electron chi connectivity index (χ2n) is 6.28. The van der Waals surface area contributed by atoms with E-state index in [0.29, 0.717) is 50.5 Å². The first kappa shape index (κ1) is 18.8. The molecule has 0 unspecified atom stereocenters. The van der Waals surface area contributed by atoms with Gasteiger partial charge in [0.2, 0.25) is 5.91 Å². The van der Waals surface area contributed by atoms with Crippen LogP contribution in [0.25, 0.3) is 0 Å². The number of rotatable bonds is 6. The van der Waals surface area contributed by atoms with Crippen molar-refractivity contribution >= 4 is 11.8 Å². The SMILES string of the molecule is COc1ccccc1C(=O)N1CCN(C(=O)CCOc2ccccc2)CC1. The number of amides is 2. The molecule has 2 amide bonds. The topological polar surface area (TPSA) is 59.1 Å². The van der Waals surface area contributed by atoms with Crippen molar-refractivity contribution in [1.82, 2.24) is 9.80 Å². The van der Waals surface area contributed by atoms with Crippen molar-refractivity contribution in [3.63, 3.8) is 0 Å². The molecule has 0 saturated carbocycles. The van der Waals surface area contributed by atoms with Gasteiger partial charge in [0.05, 0.1) is 25.7 Å². The quantitative estimate of drug-likeness (QED) is 0.786. The third-order valence-electron chi connectivity index (χ3n) is 4.58. The minimum absolute atomic E-state index is 0.0512. The number of para-hydroxylation sites is 2. The predicted molar refractivity (Wildman–Crippen MR) is 102 cm³/mol. The van der Waals surface area contributed by atoms with Crippen LogP contribution < -0.4 is 9.47 Å². The molecule has 27 heavy (non-hydrogen) atoms. The monoisotopic (exact) mass is 368 g/mol. The molecule has 0 atom stereocenters. The third kappa shape index (κ3) is 4.78. The lowest BCUT2D eigenvalue weighted by Gasteiger charge is -2.35. The van der Waals surface area contributed by atoms with Crippen molar-refractivity contribution in [2.45, 2.75) is 6.42 Å². The van der Waals surface area contributed by atoms with Gasteiger partial charge in [-0.2, -0.15) is 0 Å². The molecular formula is C21H24N2O4. The zero-order chi connectivity index (χ0) is 19.1. The lowest BCUT2D eigenvalue weighted by atomic mass is 10.1. The van der Waals surface area contributed by atoms with Gasteiger partial charge in [-0.05, 0) is 24.3 Å². The van der Waals surface area contributed by atoms with Gasteiger partial charge in [0, 0.05) is 26.2 Å². The van der Waals surface area contributed by atoms with E-state index < -0.39 is 0 Å². The maximum Gasteiger partial charge on any atom is 0.257 e. The summed E-state index contributed by atoms with van der Waals surface area (Å²) in [7, 11) is 1.56. The molecule has 6 heteroatoms. The van der Waals surface area contributed by atoms with Crippen LogP contribution in [-0.2, 0) is 4.79 Å². The number of hydrogen-bond acceptors (Lipinski definition) is 4. The predicted octanol–water partition coefficient (Wildman–Crippen LogP) is 2.45. The molecule has 0 N–H and O–H groups in total. The van der Waals surface area contributed by atoms with E-state index in [1.807, 2.05) is 42.5 Å². The maximum absolute atomic E-state index is 12.7. The fraction of sp³-hybridized carbons (Fsp3) is 0.333. The van der Waals surface area contributed by atoms with Crippen LogP contribution in [0.4, 0.5) is 0 Å². The van der Waals surface area contributed by atoms with Crippen LogP contribution in [0.1, 0.15) is 16.8 Å². The van der Waals surface area contributed by atoms with Crippen LogP contribution in [0.15, 0.2) is 54.6 Å². The summed E-state index contributed by atoms with van der Waals surface area (Å²) >= 11 is 0. The average molecular weight is 368 g/mol. The number of carbonyl (C=O) groups excluding carboxylic acids is 2. The summed E-state index contributed by atoms with van der Waals surface area (Å²) in [5.41, 5.74) is 0.552. The second-order valence-corrected chi connectivity index (χ2v) is 6.28. The molecule has 142 valence electrons. The number of nitrogens with zero attached hydrogens (tertiary/aromatic N) is 2. The van der Waals surface area contributed by atoms with Gasteiger partial charge < -0.3 is 19.3 Å². The Morgan fingerprint density at radius 1 is 0.889 bits per heavy atom.